The molecule has 100 valence electrons. The number of carboxylic acids is 1. The third-order valence-electron chi connectivity index (χ3n) is 2.91. The molecule has 0 fully saturated rings. The maximum absolute atomic E-state index is 13.6. The molecule has 0 atom stereocenters. The first-order valence-electron chi connectivity index (χ1n) is 5.80. The van der Waals surface area contributed by atoms with Crippen LogP contribution in [0, 0.1) is 19.7 Å². The van der Waals surface area contributed by atoms with Gasteiger partial charge in [0.25, 0.3) is 0 Å². The largest absolute Gasteiger partial charge is 0.475 e. The van der Waals surface area contributed by atoms with Crippen LogP contribution in [0.15, 0.2) is 28.7 Å². The number of hydrogen-bond acceptors (Lipinski definition) is 3. The number of benzene rings is 1. The molecule has 1 heterocycles. The molecular formula is C14H14FNO3. The predicted octanol–water partition coefficient (Wildman–Crippen LogP) is 3.35. The predicted molar refractivity (Wildman–Crippen MR) is 68.9 cm³/mol. The highest BCUT2D eigenvalue weighted by Gasteiger charge is 2.13. The third kappa shape index (κ3) is 2.76. The fourth-order valence-electron chi connectivity index (χ4n) is 1.84. The summed E-state index contributed by atoms with van der Waals surface area (Å²) >= 11 is 0. The molecule has 0 radical (unpaired) electrons. The van der Waals surface area contributed by atoms with E-state index in [0.29, 0.717) is 23.6 Å². The Kier molecular flexibility index (Phi) is 3.55. The quantitative estimate of drug-likeness (QED) is 0.888. The van der Waals surface area contributed by atoms with E-state index in [9.17, 15) is 9.18 Å². The van der Waals surface area contributed by atoms with Crippen molar-refractivity contribution in [2.75, 3.05) is 5.32 Å². The topological polar surface area (TPSA) is 62.5 Å². The number of hydrogen-bond donors (Lipinski definition) is 2. The highest BCUT2D eigenvalue weighted by Crippen LogP contribution is 2.21. The van der Waals surface area contributed by atoms with Crippen molar-refractivity contribution in [3.8, 4) is 0 Å². The van der Waals surface area contributed by atoms with Crippen molar-refractivity contribution in [2.24, 2.45) is 0 Å². The zero-order valence-corrected chi connectivity index (χ0v) is 10.7. The van der Waals surface area contributed by atoms with Crippen LogP contribution in [0.2, 0.25) is 0 Å². The smallest absolute Gasteiger partial charge is 0.371 e. The Bertz CT molecular complexity index is 599. The lowest BCUT2D eigenvalue weighted by Gasteiger charge is -2.09. The van der Waals surface area contributed by atoms with Crippen LogP contribution in [-0.4, -0.2) is 11.1 Å². The summed E-state index contributed by atoms with van der Waals surface area (Å²) in [4.78, 5) is 10.8. The minimum absolute atomic E-state index is 0.112. The van der Waals surface area contributed by atoms with Gasteiger partial charge in [-0.2, -0.15) is 0 Å². The number of aromatic carboxylic acids is 1. The van der Waals surface area contributed by atoms with Gasteiger partial charge in [-0.1, -0.05) is 12.1 Å². The zero-order valence-electron chi connectivity index (χ0n) is 10.7. The number of carboxylic acid groups (broad SMARTS) is 1. The standard InChI is InChI=1S/C14H14FNO3/c1-8-4-3-5-11(15)13(8)16-7-10-6-12(14(17)18)19-9(10)2/h3-6,16H,7H2,1-2H3,(H,17,18). The lowest BCUT2D eigenvalue weighted by molar-refractivity contribution is 0.0661. The number of nitrogens with one attached hydrogen (secondary N) is 1. The second-order valence-electron chi connectivity index (χ2n) is 4.28. The van der Waals surface area contributed by atoms with Crippen molar-refractivity contribution in [2.45, 2.75) is 20.4 Å². The molecule has 0 saturated carbocycles. The summed E-state index contributed by atoms with van der Waals surface area (Å²) < 4.78 is 18.7. The molecule has 1 aromatic carbocycles. The molecule has 19 heavy (non-hydrogen) atoms. The highest BCUT2D eigenvalue weighted by molar-refractivity contribution is 5.84. The molecule has 4 nitrogen and oxygen atoms in total. The number of aryl methyl sites for hydroxylation is 2. The van der Waals surface area contributed by atoms with Crippen LogP contribution in [0.25, 0.3) is 0 Å². The molecule has 2 N–H and O–H groups in total. The summed E-state index contributed by atoms with van der Waals surface area (Å²) in [6, 6.07) is 6.26. The molecule has 2 rings (SSSR count). The van der Waals surface area contributed by atoms with E-state index in [0.717, 1.165) is 5.56 Å². The van der Waals surface area contributed by atoms with Crippen molar-refractivity contribution in [3.05, 3.63) is 52.7 Å². The molecule has 2 aromatic rings. The second-order valence-corrected chi connectivity index (χ2v) is 4.28. The maximum Gasteiger partial charge on any atom is 0.371 e. The van der Waals surface area contributed by atoms with Crippen LogP contribution in [0.3, 0.4) is 0 Å². The van der Waals surface area contributed by atoms with E-state index in [2.05, 4.69) is 5.32 Å². The van der Waals surface area contributed by atoms with Crippen molar-refractivity contribution in [1.29, 1.82) is 0 Å². The average molecular weight is 263 g/mol. The Morgan fingerprint density at radius 1 is 1.42 bits per heavy atom. The lowest BCUT2D eigenvalue weighted by Crippen LogP contribution is -2.03. The molecule has 0 aliphatic rings. The summed E-state index contributed by atoms with van der Waals surface area (Å²) in [5.74, 6) is -1.05. The summed E-state index contributed by atoms with van der Waals surface area (Å²) in [6.45, 7) is 3.79. The molecule has 5 heteroatoms. The molecule has 0 spiro atoms. The first-order valence-corrected chi connectivity index (χ1v) is 5.80. The van der Waals surface area contributed by atoms with Gasteiger partial charge in [-0.25, -0.2) is 9.18 Å². The summed E-state index contributed by atoms with van der Waals surface area (Å²) in [6.07, 6.45) is 0. The van der Waals surface area contributed by atoms with Gasteiger partial charge in [0.1, 0.15) is 11.6 Å². The Balaban J connectivity index is 2.17. The molecule has 1 aromatic heterocycles. The first-order chi connectivity index (χ1) is 8.99. The first kappa shape index (κ1) is 13.1. The van der Waals surface area contributed by atoms with Gasteiger partial charge in [-0.15, -0.1) is 0 Å². The number of rotatable bonds is 4. The van der Waals surface area contributed by atoms with Crippen LogP contribution in [-0.2, 0) is 6.54 Å². The molecule has 0 bridgehead atoms. The SMILES string of the molecule is Cc1cccc(F)c1NCc1cc(C(=O)O)oc1C. The Hall–Kier alpha value is -2.30. The fraction of sp³-hybridized carbons (Fsp3) is 0.214. The van der Waals surface area contributed by atoms with Gasteiger partial charge in [0, 0.05) is 12.1 Å². The van der Waals surface area contributed by atoms with Crippen molar-refractivity contribution < 1.29 is 18.7 Å². The normalized spacial score (nSPS) is 10.5. The summed E-state index contributed by atoms with van der Waals surface area (Å²) in [5.41, 5.74) is 1.90. The van der Waals surface area contributed by atoms with E-state index in [1.54, 1.807) is 26.0 Å². The Labute approximate surface area is 109 Å². The van der Waals surface area contributed by atoms with E-state index < -0.39 is 5.97 Å². The molecule has 0 aliphatic heterocycles. The molecule has 0 amide bonds. The molecule has 0 saturated heterocycles. The highest BCUT2D eigenvalue weighted by atomic mass is 19.1. The monoisotopic (exact) mass is 263 g/mol. The number of para-hydroxylation sites is 1. The van der Waals surface area contributed by atoms with E-state index in [1.165, 1.54) is 12.1 Å². The van der Waals surface area contributed by atoms with E-state index in [1.807, 2.05) is 0 Å². The van der Waals surface area contributed by atoms with Gasteiger partial charge >= 0.3 is 5.97 Å². The van der Waals surface area contributed by atoms with Crippen LogP contribution >= 0.6 is 0 Å². The van der Waals surface area contributed by atoms with E-state index >= 15 is 0 Å². The maximum atomic E-state index is 13.6. The molecular weight excluding hydrogens is 249 g/mol. The van der Waals surface area contributed by atoms with E-state index in [-0.39, 0.29) is 11.6 Å². The Morgan fingerprint density at radius 2 is 2.16 bits per heavy atom. The van der Waals surface area contributed by atoms with Crippen molar-refractivity contribution in [3.63, 3.8) is 0 Å². The van der Waals surface area contributed by atoms with Crippen LogP contribution in [0.5, 0.6) is 0 Å². The lowest BCUT2D eigenvalue weighted by atomic mass is 10.1. The van der Waals surface area contributed by atoms with Crippen LogP contribution in [0.4, 0.5) is 10.1 Å². The molecule has 0 aliphatic carbocycles. The molecule has 0 unspecified atom stereocenters. The van der Waals surface area contributed by atoms with Crippen molar-refractivity contribution >= 4 is 11.7 Å². The third-order valence-corrected chi connectivity index (χ3v) is 2.91. The minimum atomic E-state index is -1.11. The number of anilines is 1. The Morgan fingerprint density at radius 3 is 2.74 bits per heavy atom. The van der Waals surface area contributed by atoms with Crippen LogP contribution in [0.1, 0.15) is 27.4 Å². The van der Waals surface area contributed by atoms with Gasteiger partial charge in [0.05, 0.1) is 5.69 Å². The van der Waals surface area contributed by atoms with Gasteiger partial charge in [-0.3, -0.25) is 0 Å². The number of carbonyl (C=O) groups is 1. The van der Waals surface area contributed by atoms with Gasteiger partial charge in [-0.05, 0) is 31.5 Å². The minimum Gasteiger partial charge on any atom is -0.475 e. The van der Waals surface area contributed by atoms with Crippen LogP contribution < -0.4 is 5.32 Å². The van der Waals surface area contributed by atoms with E-state index in [4.69, 9.17) is 9.52 Å². The fourth-order valence-corrected chi connectivity index (χ4v) is 1.84. The van der Waals surface area contributed by atoms with Gasteiger partial charge in [0.2, 0.25) is 5.76 Å². The van der Waals surface area contributed by atoms with Crippen molar-refractivity contribution in [1.82, 2.24) is 0 Å². The second kappa shape index (κ2) is 5.14. The number of furan rings is 1. The van der Waals surface area contributed by atoms with Gasteiger partial charge < -0.3 is 14.8 Å². The summed E-state index contributed by atoms with van der Waals surface area (Å²) in [7, 11) is 0. The number of halogens is 1. The zero-order chi connectivity index (χ0) is 14.0. The average Bonchev–Trinajstić information content (AvgIpc) is 2.70. The van der Waals surface area contributed by atoms with Gasteiger partial charge in [0.15, 0.2) is 0 Å². The summed E-state index contributed by atoms with van der Waals surface area (Å²) in [5, 5.41) is 11.8.